The van der Waals surface area contributed by atoms with Gasteiger partial charge < -0.3 is 0 Å². The molecule has 0 atom stereocenters. The summed E-state index contributed by atoms with van der Waals surface area (Å²) in [6.45, 7) is 12.5. The van der Waals surface area contributed by atoms with Gasteiger partial charge in [0.05, 0.1) is 11.5 Å². The minimum Gasteiger partial charge on any atom is -0.266 e. The molecule has 0 N–H and O–H groups in total. The molecule has 136 valence electrons. The van der Waals surface area contributed by atoms with Crippen molar-refractivity contribution >= 4 is 10.1 Å². The van der Waals surface area contributed by atoms with E-state index in [1.807, 2.05) is 32.9 Å². The molecule has 0 radical (unpaired) electrons. The summed E-state index contributed by atoms with van der Waals surface area (Å²) < 4.78 is 29.7. The Labute approximate surface area is 152 Å². The highest BCUT2D eigenvalue weighted by Crippen LogP contribution is 2.27. The molecule has 0 saturated heterocycles. The van der Waals surface area contributed by atoms with Crippen LogP contribution in [-0.4, -0.2) is 15.0 Å². The third-order valence-electron chi connectivity index (χ3n) is 3.87. The second-order valence-electron chi connectivity index (χ2n) is 8.63. The van der Waals surface area contributed by atoms with Crippen LogP contribution in [0.3, 0.4) is 0 Å². The molecule has 0 spiro atoms. The minimum atomic E-state index is -3.72. The molecule has 0 aromatic heterocycles. The lowest BCUT2D eigenvalue weighted by atomic mass is 9.86. The smallest absolute Gasteiger partial charge is 0.266 e. The third kappa shape index (κ3) is 5.41. The maximum atomic E-state index is 12.3. The van der Waals surface area contributed by atoms with Crippen LogP contribution in [0.15, 0.2) is 53.4 Å². The van der Waals surface area contributed by atoms with Gasteiger partial charge in [0.1, 0.15) is 0 Å². The van der Waals surface area contributed by atoms with Crippen LogP contribution in [-0.2, 0) is 19.7 Å². The Kier molecular flexibility index (Phi) is 5.45. The second-order valence-corrected chi connectivity index (χ2v) is 10.2. The van der Waals surface area contributed by atoms with Crippen molar-refractivity contribution in [2.24, 2.45) is 5.41 Å². The first-order chi connectivity index (χ1) is 11.4. The number of hydrogen-bond donors (Lipinski definition) is 0. The van der Waals surface area contributed by atoms with Gasteiger partial charge in [0.2, 0.25) is 0 Å². The van der Waals surface area contributed by atoms with Gasteiger partial charge in [-0.05, 0) is 39.7 Å². The molecule has 25 heavy (non-hydrogen) atoms. The van der Waals surface area contributed by atoms with Crippen LogP contribution in [0.2, 0.25) is 0 Å². The fourth-order valence-electron chi connectivity index (χ4n) is 2.30. The van der Waals surface area contributed by atoms with E-state index in [-0.39, 0.29) is 22.3 Å². The van der Waals surface area contributed by atoms with E-state index in [1.54, 1.807) is 12.1 Å². The van der Waals surface area contributed by atoms with Crippen LogP contribution < -0.4 is 0 Å². The zero-order valence-corrected chi connectivity index (χ0v) is 16.8. The van der Waals surface area contributed by atoms with Gasteiger partial charge in [-0.3, -0.25) is 4.18 Å². The Bertz CT molecular complexity index is 803. The summed E-state index contributed by atoms with van der Waals surface area (Å²) >= 11 is 0. The van der Waals surface area contributed by atoms with E-state index in [2.05, 4.69) is 45.0 Å². The number of benzene rings is 2. The molecule has 4 heteroatoms. The van der Waals surface area contributed by atoms with Crippen molar-refractivity contribution in [3.05, 3.63) is 54.1 Å². The van der Waals surface area contributed by atoms with Crippen molar-refractivity contribution in [3.63, 3.8) is 0 Å². The third-order valence-corrected chi connectivity index (χ3v) is 5.15. The Morgan fingerprint density at radius 3 is 1.60 bits per heavy atom. The quantitative estimate of drug-likeness (QED) is 0.685. The molecule has 2 rings (SSSR count). The summed E-state index contributed by atoms with van der Waals surface area (Å²) in [5.74, 6) is 0. The fourth-order valence-corrected chi connectivity index (χ4v) is 3.41. The summed E-state index contributed by atoms with van der Waals surface area (Å²) in [6.07, 6.45) is 0. The Morgan fingerprint density at radius 2 is 1.20 bits per heavy atom. The summed E-state index contributed by atoms with van der Waals surface area (Å²) in [6, 6.07) is 15.2. The molecule has 0 saturated carbocycles. The van der Waals surface area contributed by atoms with Crippen molar-refractivity contribution in [2.45, 2.75) is 51.9 Å². The lowest BCUT2D eigenvalue weighted by molar-refractivity contribution is 0.203. The Morgan fingerprint density at radius 1 is 0.760 bits per heavy atom. The van der Waals surface area contributed by atoms with Gasteiger partial charge in [0.15, 0.2) is 0 Å². The highest BCUT2D eigenvalue weighted by molar-refractivity contribution is 7.86. The maximum Gasteiger partial charge on any atom is 0.296 e. The van der Waals surface area contributed by atoms with E-state index >= 15 is 0 Å². The largest absolute Gasteiger partial charge is 0.296 e. The topological polar surface area (TPSA) is 43.4 Å². The monoisotopic (exact) mass is 360 g/mol. The predicted octanol–water partition coefficient (Wildman–Crippen LogP) is 5.40. The van der Waals surface area contributed by atoms with Crippen molar-refractivity contribution in [2.75, 3.05) is 6.61 Å². The standard InChI is InChI=1S/C21H28O3S/c1-20(2,3)15-24-25(22,23)19-13-9-17(10-14-19)16-7-11-18(12-8-16)21(4,5)6/h7-14H,15H2,1-6H3. The molecule has 0 aliphatic heterocycles. The molecule has 0 heterocycles. The van der Waals surface area contributed by atoms with Crippen LogP contribution in [0.5, 0.6) is 0 Å². The summed E-state index contributed by atoms with van der Waals surface area (Å²) in [5, 5.41) is 0. The zero-order chi connectivity index (χ0) is 18.9. The average molecular weight is 361 g/mol. The van der Waals surface area contributed by atoms with E-state index < -0.39 is 10.1 Å². The summed E-state index contributed by atoms with van der Waals surface area (Å²) in [5.41, 5.74) is 3.22. The second kappa shape index (κ2) is 6.93. The van der Waals surface area contributed by atoms with E-state index in [9.17, 15) is 8.42 Å². The van der Waals surface area contributed by atoms with E-state index in [0.717, 1.165) is 11.1 Å². The van der Waals surface area contributed by atoms with Gasteiger partial charge in [0.25, 0.3) is 10.1 Å². The first-order valence-corrected chi connectivity index (χ1v) is 9.90. The van der Waals surface area contributed by atoms with Crippen LogP contribution >= 0.6 is 0 Å². The molecule has 0 fully saturated rings. The Hall–Kier alpha value is -1.65. The van der Waals surface area contributed by atoms with Crippen molar-refractivity contribution in [3.8, 4) is 11.1 Å². The molecule has 3 nitrogen and oxygen atoms in total. The van der Waals surface area contributed by atoms with Gasteiger partial charge >= 0.3 is 0 Å². The number of rotatable bonds is 4. The summed E-state index contributed by atoms with van der Waals surface area (Å²) in [7, 11) is -3.72. The van der Waals surface area contributed by atoms with Crippen LogP contribution in [0.4, 0.5) is 0 Å². The SMILES string of the molecule is CC(C)(C)COS(=O)(=O)c1ccc(-c2ccc(C(C)(C)C)cc2)cc1. The van der Waals surface area contributed by atoms with Gasteiger partial charge in [-0.2, -0.15) is 8.42 Å². The highest BCUT2D eigenvalue weighted by Gasteiger charge is 2.20. The lowest BCUT2D eigenvalue weighted by Crippen LogP contribution is -2.18. The van der Waals surface area contributed by atoms with Crippen LogP contribution in [0.1, 0.15) is 47.1 Å². The van der Waals surface area contributed by atoms with Crippen molar-refractivity contribution < 1.29 is 12.6 Å². The average Bonchev–Trinajstić information content (AvgIpc) is 2.52. The zero-order valence-electron chi connectivity index (χ0n) is 16.0. The normalized spacial score (nSPS) is 13.0. The van der Waals surface area contributed by atoms with Crippen LogP contribution in [0.25, 0.3) is 11.1 Å². The van der Waals surface area contributed by atoms with Gasteiger partial charge in [-0.25, -0.2) is 0 Å². The molecular weight excluding hydrogens is 332 g/mol. The van der Waals surface area contributed by atoms with E-state index in [1.165, 1.54) is 5.56 Å². The van der Waals surface area contributed by atoms with Gasteiger partial charge in [0, 0.05) is 0 Å². The van der Waals surface area contributed by atoms with Gasteiger partial charge in [-0.1, -0.05) is 77.9 Å². The first kappa shape index (κ1) is 19.7. The van der Waals surface area contributed by atoms with E-state index in [0.29, 0.717) is 0 Å². The van der Waals surface area contributed by atoms with Crippen LogP contribution in [0, 0.1) is 5.41 Å². The van der Waals surface area contributed by atoms with Gasteiger partial charge in [-0.15, -0.1) is 0 Å². The molecule has 2 aromatic rings. The number of hydrogen-bond acceptors (Lipinski definition) is 3. The summed E-state index contributed by atoms with van der Waals surface area (Å²) in [4.78, 5) is 0.187. The molecule has 2 aromatic carbocycles. The first-order valence-electron chi connectivity index (χ1n) is 8.49. The molecule has 0 aliphatic carbocycles. The molecule has 0 amide bonds. The lowest BCUT2D eigenvalue weighted by Gasteiger charge is -2.19. The molecule has 0 bridgehead atoms. The molecule has 0 unspecified atom stereocenters. The van der Waals surface area contributed by atoms with E-state index in [4.69, 9.17) is 4.18 Å². The van der Waals surface area contributed by atoms with Crippen molar-refractivity contribution in [1.29, 1.82) is 0 Å². The fraction of sp³-hybridized carbons (Fsp3) is 0.429. The maximum absolute atomic E-state index is 12.3. The molecular formula is C21H28O3S. The molecule has 0 aliphatic rings. The van der Waals surface area contributed by atoms with Crippen molar-refractivity contribution in [1.82, 2.24) is 0 Å². The minimum absolute atomic E-state index is 0.112. The highest BCUT2D eigenvalue weighted by atomic mass is 32.2. The predicted molar refractivity (Wildman–Crippen MR) is 103 cm³/mol. The Balaban J connectivity index is 2.19.